The molecule has 0 aromatic carbocycles. The third kappa shape index (κ3) is 4.46. The van der Waals surface area contributed by atoms with Crippen molar-refractivity contribution in [3.8, 4) is 0 Å². The average molecular weight is 248 g/mol. The SMILES string of the molecule is N=C(N)CCCCNS(=O)(=O)N1CCCC1. The Hall–Kier alpha value is -0.660. The van der Waals surface area contributed by atoms with Crippen molar-refractivity contribution in [2.24, 2.45) is 5.73 Å². The van der Waals surface area contributed by atoms with Gasteiger partial charge in [0.05, 0.1) is 5.84 Å². The van der Waals surface area contributed by atoms with Crippen LogP contribution in [0.3, 0.4) is 0 Å². The van der Waals surface area contributed by atoms with Gasteiger partial charge in [-0.15, -0.1) is 0 Å². The minimum absolute atomic E-state index is 0.155. The summed E-state index contributed by atoms with van der Waals surface area (Å²) in [6, 6.07) is 0. The van der Waals surface area contributed by atoms with Gasteiger partial charge in [0.15, 0.2) is 0 Å². The summed E-state index contributed by atoms with van der Waals surface area (Å²) in [5, 5.41) is 7.02. The second kappa shape index (κ2) is 6.17. The largest absolute Gasteiger partial charge is 0.388 e. The standard InChI is InChI=1S/C9H20N4O2S/c10-9(11)5-1-2-6-12-16(14,15)13-7-3-4-8-13/h12H,1-8H2,(H3,10,11). The molecule has 94 valence electrons. The first-order valence-corrected chi connectivity index (χ1v) is 7.04. The van der Waals surface area contributed by atoms with Crippen LogP contribution in [-0.4, -0.2) is 38.2 Å². The molecule has 0 spiro atoms. The van der Waals surface area contributed by atoms with E-state index >= 15 is 0 Å². The van der Waals surface area contributed by atoms with Crippen molar-refractivity contribution in [2.45, 2.75) is 32.1 Å². The first-order valence-electron chi connectivity index (χ1n) is 5.60. The highest BCUT2D eigenvalue weighted by Crippen LogP contribution is 2.11. The van der Waals surface area contributed by atoms with E-state index in [0.29, 0.717) is 32.5 Å². The quantitative estimate of drug-likeness (QED) is 0.336. The fourth-order valence-corrected chi connectivity index (χ4v) is 2.99. The highest BCUT2D eigenvalue weighted by Gasteiger charge is 2.24. The monoisotopic (exact) mass is 248 g/mol. The number of amidine groups is 1. The van der Waals surface area contributed by atoms with Crippen LogP contribution >= 0.6 is 0 Å². The molecule has 1 saturated heterocycles. The maximum atomic E-state index is 11.7. The highest BCUT2D eigenvalue weighted by atomic mass is 32.2. The molecule has 6 nitrogen and oxygen atoms in total. The Morgan fingerprint density at radius 2 is 1.94 bits per heavy atom. The zero-order valence-corrected chi connectivity index (χ0v) is 10.2. The molecule has 0 radical (unpaired) electrons. The van der Waals surface area contributed by atoms with E-state index in [0.717, 1.165) is 19.3 Å². The Kier molecular flexibility index (Phi) is 5.17. The van der Waals surface area contributed by atoms with E-state index in [4.69, 9.17) is 11.1 Å². The number of unbranched alkanes of at least 4 members (excludes halogenated alkanes) is 1. The fourth-order valence-electron chi connectivity index (χ4n) is 1.66. The van der Waals surface area contributed by atoms with Gasteiger partial charge in [0, 0.05) is 26.1 Å². The zero-order chi connectivity index (χ0) is 12.0. The van der Waals surface area contributed by atoms with Crippen LogP contribution in [0.4, 0.5) is 0 Å². The van der Waals surface area contributed by atoms with Gasteiger partial charge in [-0.25, -0.2) is 4.72 Å². The third-order valence-corrected chi connectivity index (χ3v) is 4.18. The molecule has 1 rings (SSSR count). The van der Waals surface area contributed by atoms with Crippen molar-refractivity contribution in [1.29, 1.82) is 5.41 Å². The maximum Gasteiger partial charge on any atom is 0.279 e. The fraction of sp³-hybridized carbons (Fsp3) is 0.889. The predicted molar refractivity (Wildman–Crippen MR) is 63.5 cm³/mol. The summed E-state index contributed by atoms with van der Waals surface area (Å²) in [5.41, 5.74) is 5.20. The summed E-state index contributed by atoms with van der Waals surface area (Å²) in [5.74, 6) is 0.155. The van der Waals surface area contributed by atoms with Gasteiger partial charge in [-0.05, 0) is 25.7 Å². The van der Waals surface area contributed by atoms with Gasteiger partial charge in [-0.3, -0.25) is 5.41 Å². The van der Waals surface area contributed by atoms with Crippen molar-refractivity contribution in [1.82, 2.24) is 9.03 Å². The molecule has 1 heterocycles. The second-order valence-corrected chi connectivity index (χ2v) is 5.74. The summed E-state index contributed by atoms with van der Waals surface area (Å²) in [7, 11) is -3.26. The van der Waals surface area contributed by atoms with Gasteiger partial charge in [0.1, 0.15) is 0 Å². The van der Waals surface area contributed by atoms with Crippen molar-refractivity contribution < 1.29 is 8.42 Å². The second-order valence-electron chi connectivity index (χ2n) is 3.99. The Morgan fingerprint density at radius 1 is 1.31 bits per heavy atom. The van der Waals surface area contributed by atoms with Crippen LogP contribution in [0.25, 0.3) is 0 Å². The van der Waals surface area contributed by atoms with E-state index in [1.165, 1.54) is 4.31 Å². The number of nitrogens with two attached hydrogens (primary N) is 1. The molecule has 0 aromatic rings. The van der Waals surface area contributed by atoms with Gasteiger partial charge in [-0.1, -0.05) is 0 Å². The van der Waals surface area contributed by atoms with Gasteiger partial charge in [0.2, 0.25) is 0 Å². The normalized spacial score (nSPS) is 17.8. The van der Waals surface area contributed by atoms with Crippen molar-refractivity contribution in [3.05, 3.63) is 0 Å². The van der Waals surface area contributed by atoms with E-state index in [9.17, 15) is 8.42 Å². The molecule has 4 N–H and O–H groups in total. The predicted octanol–water partition coefficient (Wildman–Crippen LogP) is 0.0229. The van der Waals surface area contributed by atoms with Gasteiger partial charge in [0.25, 0.3) is 10.2 Å². The zero-order valence-electron chi connectivity index (χ0n) is 9.41. The average Bonchev–Trinajstić information content (AvgIpc) is 2.69. The Morgan fingerprint density at radius 3 is 2.50 bits per heavy atom. The van der Waals surface area contributed by atoms with Crippen LogP contribution in [0.5, 0.6) is 0 Å². The summed E-state index contributed by atoms with van der Waals surface area (Å²) in [6.45, 7) is 1.68. The lowest BCUT2D eigenvalue weighted by Gasteiger charge is -2.15. The van der Waals surface area contributed by atoms with Crippen LogP contribution in [0, 0.1) is 5.41 Å². The highest BCUT2D eigenvalue weighted by molar-refractivity contribution is 7.87. The van der Waals surface area contributed by atoms with Crippen molar-refractivity contribution in [3.63, 3.8) is 0 Å². The smallest absolute Gasteiger partial charge is 0.279 e. The maximum absolute atomic E-state index is 11.7. The molecule has 0 atom stereocenters. The molecule has 7 heteroatoms. The number of rotatable bonds is 7. The minimum Gasteiger partial charge on any atom is -0.388 e. The summed E-state index contributed by atoms with van der Waals surface area (Å²) in [4.78, 5) is 0. The first kappa shape index (κ1) is 13.4. The van der Waals surface area contributed by atoms with Gasteiger partial charge >= 0.3 is 0 Å². The van der Waals surface area contributed by atoms with Gasteiger partial charge < -0.3 is 5.73 Å². The van der Waals surface area contributed by atoms with E-state index in [2.05, 4.69) is 4.72 Å². The van der Waals surface area contributed by atoms with Crippen LogP contribution in [-0.2, 0) is 10.2 Å². The Bertz CT molecular complexity index is 322. The molecule has 0 aromatic heterocycles. The van der Waals surface area contributed by atoms with Crippen LogP contribution in [0.2, 0.25) is 0 Å². The number of nitrogens with zero attached hydrogens (tertiary/aromatic N) is 1. The van der Waals surface area contributed by atoms with E-state index in [1.807, 2.05) is 0 Å². The molecule has 16 heavy (non-hydrogen) atoms. The number of hydrogen-bond donors (Lipinski definition) is 3. The number of hydrogen-bond acceptors (Lipinski definition) is 3. The Labute approximate surface area is 96.9 Å². The molecular formula is C9H20N4O2S. The topological polar surface area (TPSA) is 99.3 Å². The molecule has 0 saturated carbocycles. The molecular weight excluding hydrogens is 228 g/mol. The van der Waals surface area contributed by atoms with E-state index in [1.54, 1.807) is 0 Å². The molecule has 0 amide bonds. The minimum atomic E-state index is -3.26. The van der Waals surface area contributed by atoms with Crippen LogP contribution in [0.1, 0.15) is 32.1 Å². The third-order valence-electron chi connectivity index (χ3n) is 2.56. The summed E-state index contributed by atoms with van der Waals surface area (Å²) < 4.78 is 27.4. The molecule has 1 aliphatic heterocycles. The molecule has 1 aliphatic rings. The van der Waals surface area contributed by atoms with E-state index in [-0.39, 0.29) is 5.84 Å². The summed E-state index contributed by atoms with van der Waals surface area (Å²) >= 11 is 0. The van der Waals surface area contributed by atoms with E-state index < -0.39 is 10.2 Å². The Balaban J connectivity index is 2.18. The lowest BCUT2D eigenvalue weighted by atomic mass is 10.2. The van der Waals surface area contributed by atoms with Crippen LogP contribution < -0.4 is 10.5 Å². The first-order chi connectivity index (χ1) is 7.52. The number of nitrogens with one attached hydrogen (secondary N) is 2. The molecule has 0 bridgehead atoms. The van der Waals surface area contributed by atoms with Crippen molar-refractivity contribution in [2.75, 3.05) is 19.6 Å². The lowest BCUT2D eigenvalue weighted by Crippen LogP contribution is -2.39. The van der Waals surface area contributed by atoms with Gasteiger partial charge in [-0.2, -0.15) is 12.7 Å². The molecule has 1 fully saturated rings. The molecule has 0 unspecified atom stereocenters. The summed E-state index contributed by atoms with van der Waals surface area (Å²) in [6.07, 6.45) is 3.90. The van der Waals surface area contributed by atoms with Crippen LogP contribution in [0.15, 0.2) is 0 Å². The lowest BCUT2D eigenvalue weighted by molar-refractivity contribution is 0.464. The van der Waals surface area contributed by atoms with Crippen molar-refractivity contribution >= 4 is 16.0 Å². The molecule has 0 aliphatic carbocycles.